The van der Waals surface area contributed by atoms with Crippen molar-refractivity contribution in [1.29, 1.82) is 0 Å². The lowest BCUT2D eigenvalue weighted by Crippen LogP contribution is -2.62. The van der Waals surface area contributed by atoms with Crippen LogP contribution in [-0.2, 0) is 35.3 Å². The van der Waals surface area contributed by atoms with Gasteiger partial charge >= 0.3 is 5.97 Å². The second-order valence-electron chi connectivity index (χ2n) is 20.5. The molecule has 0 aliphatic carbocycles. The fraction of sp³-hybridized carbons (Fsp3) is 0.339. The van der Waals surface area contributed by atoms with Gasteiger partial charge in [0.1, 0.15) is 95.0 Å². The van der Waals surface area contributed by atoms with Gasteiger partial charge in [0.2, 0.25) is 23.6 Å². The maximum absolute atomic E-state index is 14.3. The lowest BCUT2D eigenvalue weighted by atomic mass is 10.0. The van der Waals surface area contributed by atoms with E-state index >= 15 is 0 Å². The molecule has 7 amide bonds. The summed E-state index contributed by atoms with van der Waals surface area (Å²) in [6.07, 6.45) is -0.256. The number of pyridine rings is 1. The normalized spacial score (nSPS) is 19.5. The summed E-state index contributed by atoms with van der Waals surface area (Å²) >= 11 is 6.95. The monoisotopic (exact) mass is 1290 g/mol. The highest BCUT2D eigenvalue weighted by Crippen LogP contribution is 2.40. The Kier molecular flexibility index (Phi) is 18.1. The average Bonchev–Trinajstić information content (AvgIpc) is 2.79. The van der Waals surface area contributed by atoms with Gasteiger partial charge < -0.3 is 51.4 Å². The number of hydrogen-bond acceptors (Lipinski definition) is 24. The molecule has 3 aliphatic heterocycles. The third kappa shape index (κ3) is 13.0. The molecule has 1 aromatic carbocycles. The SMILES string of the molecule is CNC(=O)C[C@@H]1NC(=O)c2csc(n2)-c2ccc(-c3nc(C(=O)OCC4NC(=O)C5CCCN5C4=O)cs3)nc2-c2csc(n2)-c2csc(n2)[C@H]([C@@H](O)c2ccccc2)NC(=O)CNC(=O)c2nc(sc2COC)[C@H](C(C)C)NC(=O)c2nc1sc2C. The molecule has 11 rings (SSSR count). The number of esters is 1. The van der Waals surface area contributed by atoms with Gasteiger partial charge in [-0.2, -0.15) is 0 Å². The number of aryl methyl sites for hydroxylation is 1. The number of nitrogens with zero attached hydrogens (tertiary/aromatic N) is 8. The van der Waals surface area contributed by atoms with E-state index in [0.717, 1.165) is 45.3 Å². The first kappa shape index (κ1) is 60.5. The Morgan fingerprint density at radius 3 is 2.23 bits per heavy atom. The Morgan fingerprint density at radius 1 is 0.713 bits per heavy atom. The van der Waals surface area contributed by atoms with Crippen molar-refractivity contribution in [2.24, 2.45) is 5.92 Å². The Bertz CT molecular complexity index is 3970. The molecule has 7 N–H and O–H groups in total. The third-order valence-electron chi connectivity index (χ3n) is 14.3. The van der Waals surface area contributed by atoms with Gasteiger partial charge in [0.25, 0.3) is 17.7 Å². The zero-order valence-electron chi connectivity index (χ0n) is 46.9. The van der Waals surface area contributed by atoms with Crippen molar-refractivity contribution in [2.75, 3.05) is 33.9 Å². The Morgan fingerprint density at radius 2 is 1.45 bits per heavy atom. The molecule has 6 atom stereocenters. The highest BCUT2D eigenvalue weighted by atomic mass is 32.1. The summed E-state index contributed by atoms with van der Waals surface area (Å²) in [4.78, 5) is 145. The van der Waals surface area contributed by atoms with Crippen LogP contribution in [0.1, 0.15) is 130 Å². The molecule has 7 aromatic heterocycles. The molecule has 87 heavy (non-hydrogen) atoms. The number of ether oxygens (including phenoxy) is 2. The summed E-state index contributed by atoms with van der Waals surface area (Å²) in [5, 5.41) is 37.3. The molecule has 10 heterocycles. The van der Waals surface area contributed by atoms with E-state index in [-0.39, 0.29) is 65.2 Å². The summed E-state index contributed by atoms with van der Waals surface area (Å²) in [5.41, 5.74) is 2.31. The number of piperazine rings is 1. The van der Waals surface area contributed by atoms with Crippen molar-refractivity contribution >= 4 is 115 Å². The Balaban J connectivity index is 0.954. The predicted octanol–water partition coefficient (Wildman–Crippen LogP) is 5.96. The summed E-state index contributed by atoms with van der Waals surface area (Å²) in [6, 6.07) is 7.72. The minimum atomic E-state index is -1.30. The largest absolute Gasteiger partial charge is 0.458 e. The number of aliphatic hydroxyl groups excluding tert-OH is 1. The summed E-state index contributed by atoms with van der Waals surface area (Å²) in [7, 11) is 2.93. The first-order valence-electron chi connectivity index (χ1n) is 27.2. The van der Waals surface area contributed by atoms with Crippen LogP contribution in [0.5, 0.6) is 0 Å². The van der Waals surface area contributed by atoms with Gasteiger partial charge in [-0.1, -0.05) is 44.2 Å². The predicted molar refractivity (Wildman–Crippen MR) is 324 cm³/mol. The van der Waals surface area contributed by atoms with Crippen LogP contribution >= 0.6 is 68.0 Å². The van der Waals surface area contributed by atoms with E-state index in [2.05, 4.69) is 46.9 Å². The molecular formula is C56H54N14O11S6. The highest BCUT2D eigenvalue weighted by molar-refractivity contribution is 7.15. The summed E-state index contributed by atoms with van der Waals surface area (Å²) < 4.78 is 11.0. The van der Waals surface area contributed by atoms with Gasteiger partial charge in [0.15, 0.2) is 5.69 Å². The molecule has 0 radical (unpaired) electrons. The number of hydrogen-bond donors (Lipinski definition) is 7. The molecule has 0 spiro atoms. The number of carbonyl (C=O) groups is 8. The molecule has 2 unspecified atom stereocenters. The Labute approximate surface area is 519 Å². The lowest BCUT2D eigenvalue weighted by Gasteiger charge is -2.34. The molecule has 0 saturated carbocycles. The number of thiazole rings is 6. The molecule has 31 heteroatoms. The van der Waals surface area contributed by atoms with Crippen molar-refractivity contribution in [3.05, 3.63) is 117 Å². The standard InChI is InChI=1S/C56H54N14O11S6/c1-24(2)39-54-69-42(36(87-54)19-80-5)47(76)58-17-38(72)66-43(44(73)26-10-7-6-8-11-26)53-64-33(22-85-53)51-62-31(20-83-51)41-27(49-63-32(21-82-49)45(74)60-29(16-37(71)57-4)52-68-40(25(3)86-52)48(77)67-39)13-14-28(59-41)50-65-34(23-84-50)56(79)81-18-30-55(78)70-15-9-12-35(70)46(75)61-30/h6-8,10-11,13-14,20-24,29-30,35,39,43-44,73H,9,12,15-19H2,1-5H3,(H,57,71)(H,58,76)(H,60,74)(H,61,75)(H,66,72)(H,67,77)/t29-,30?,35?,39-,43-,44-/m0/s1. The van der Waals surface area contributed by atoms with Gasteiger partial charge in [-0.15, -0.1) is 68.0 Å². The van der Waals surface area contributed by atoms with Gasteiger partial charge in [-0.25, -0.2) is 39.7 Å². The number of amides is 7. The van der Waals surface area contributed by atoms with E-state index in [0.29, 0.717) is 88.1 Å². The van der Waals surface area contributed by atoms with Crippen LogP contribution in [0.2, 0.25) is 0 Å². The lowest BCUT2D eigenvalue weighted by molar-refractivity contribution is -0.148. The number of aliphatic hydroxyl groups is 1. The van der Waals surface area contributed by atoms with Gasteiger partial charge in [-0.05, 0) is 43.4 Å². The van der Waals surface area contributed by atoms with Crippen LogP contribution in [0.3, 0.4) is 0 Å². The quantitative estimate of drug-likeness (QED) is 0.0735. The molecule has 450 valence electrons. The molecular weight excluding hydrogens is 1240 g/mol. The fourth-order valence-corrected chi connectivity index (χ4v) is 15.4. The number of methoxy groups -OCH3 is 1. The Hall–Kier alpha value is -8.17. The molecule has 10 bridgehead atoms. The number of fused-ring (bicyclic) bond motifs is 15. The molecule has 2 saturated heterocycles. The van der Waals surface area contributed by atoms with Gasteiger partial charge in [0.05, 0.1) is 42.2 Å². The molecule has 3 aliphatic rings. The van der Waals surface area contributed by atoms with Crippen LogP contribution in [0.4, 0.5) is 0 Å². The van der Waals surface area contributed by atoms with Crippen LogP contribution in [0, 0.1) is 12.8 Å². The number of nitrogens with one attached hydrogen (secondary N) is 6. The van der Waals surface area contributed by atoms with Gasteiger partial charge in [-0.3, -0.25) is 33.6 Å². The zero-order chi connectivity index (χ0) is 61.2. The second-order valence-corrected chi connectivity index (χ2v) is 26.3. The maximum atomic E-state index is 14.3. The van der Waals surface area contributed by atoms with Crippen molar-refractivity contribution in [1.82, 2.24) is 71.7 Å². The smallest absolute Gasteiger partial charge is 0.357 e. The minimum Gasteiger partial charge on any atom is -0.458 e. The topological polar surface area (TPSA) is 341 Å². The number of aromatic nitrogens is 7. The average molecular weight is 1290 g/mol. The number of rotatable bonds is 11. The van der Waals surface area contributed by atoms with E-state index in [4.69, 9.17) is 29.4 Å². The van der Waals surface area contributed by atoms with E-state index < -0.39 is 78.4 Å². The first-order valence-corrected chi connectivity index (χ1v) is 32.3. The zero-order valence-corrected chi connectivity index (χ0v) is 51.8. The number of benzene rings is 1. The van der Waals surface area contributed by atoms with Crippen molar-refractivity contribution in [3.63, 3.8) is 0 Å². The van der Waals surface area contributed by atoms with Crippen molar-refractivity contribution in [2.45, 2.75) is 83.0 Å². The fourth-order valence-electron chi connectivity index (χ4n) is 9.86. The summed E-state index contributed by atoms with van der Waals surface area (Å²) in [5.74, 6) is -4.64. The van der Waals surface area contributed by atoms with E-state index in [1.807, 2.05) is 13.8 Å². The van der Waals surface area contributed by atoms with Crippen LogP contribution in [-0.4, -0.2) is 138 Å². The summed E-state index contributed by atoms with van der Waals surface area (Å²) in [6.45, 7) is 4.98. The second kappa shape index (κ2) is 26.0. The molecule has 8 aromatic rings. The van der Waals surface area contributed by atoms with E-state index in [1.165, 1.54) is 47.1 Å². The van der Waals surface area contributed by atoms with Crippen LogP contribution in [0.15, 0.2) is 64.0 Å². The van der Waals surface area contributed by atoms with E-state index in [9.17, 15) is 43.5 Å². The van der Waals surface area contributed by atoms with E-state index in [1.54, 1.807) is 65.5 Å². The molecule has 2 fully saturated rings. The highest BCUT2D eigenvalue weighted by Gasteiger charge is 2.44. The van der Waals surface area contributed by atoms with Crippen molar-refractivity contribution < 1.29 is 52.9 Å². The molecule has 25 nitrogen and oxygen atoms in total. The van der Waals surface area contributed by atoms with Crippen LogP contribution < -0.4 is 31.9 Å². The van der Waals surface area contributed by atoms with Crippen LogP contribution in [0.25, 0.3) is 43.4 Å². The van der Waals surface area contributed by atoms with Crippen molar-refractivity contribution in [3.8, 4) is 43.4 Å². The maximum Gasteiger partial charge on any atom is 0.357 e. The minimum absolute atomic E-state index is 0.00243. The number of carbonyl (C=O) groups excluding carboxylic acids is 8. The van der Waals surface area contributed by atoms with Gasteiger partial charge in [0, 0.05) is 52.7 Å². The third-order valence-corrected chi connectivity index (χ3v) is 20.0. The first-order chi connectivity index (χ1) is 41.9.